The van der Waals surface area contributed by atoms with Gasteiger partial charge in [0.1, 0.15) is 6.26 Å². The molecule has 0 radical (unpaired) electrons. The Morgan fingerprint density at radius 2 is 2.10 bits per heavy atom. The third kappa shape index (κ3) is 3.59. The number of carbonyl (C=O) groups is 2. The number of carboxylic acids is 1. The van der Waals surface area contributed by atoms with Gasteiger partial charge in [-0.2, -0.15) is 0 Å². The van der Waals surface area contributed by atoms with Crippen LogP contribution in [0.2, 0.25) is 0 Å². The molecule has 1 saturated carbocycles. The largest absolute Gasteiger partial charge is 0.481 e. The summed E-state index contributed by atoms with van der Waals surface area (Å²) in [5.41, 5.74) is 0.568. The number of nitrogens with zero attached hydrogens (tertiary/aromatic N) is 1. The Labute approximate surface area is 117 Å². The second-order valence-electron chi connectivity index (χ2n) is 5.05. The van der Waals surface area contributed by atoms with Crippen LogP contribution in [-0.2, 0) is 20.7 Å². The lowest BCUT2D eigenvalue weighted by atomic mass is 9.82. The smallest absolute Gasteiger partial charge is 0.311 e. The summed E-state index contributed by atoms with van der Waals surface area (Å²) in [5.74, 6) is -0.532. The van der Waals surface area contributed by atoms with Crippen molar-refractivity contribution in [1.82, 2.24) is 4.98 Å². The minimum atomic E-state index is -0.723. The van der Waals surface area contributed by atoms with E-state index in [0.29, 0.717) is 31.0 Å². The first-order chi connectivity index (χ1) is 9.60. The first kappa shape index (κ1) is 14.6. The fourth-order valence-corrected chi connectivity index (χ4v) is 2.54. The van der Waals surface area contributed by atoms with Crippen LogP contribution < -0.4 is 0 Å². The van der Waals surface area contributed by atoms with Crippen LogP contribution in [0.1, 0.15) is 50.1 Å². The van der Waals surface area contributed by atoms with Crippen molar-refractivity contribution >= 4 is 11.9 Å². The predicted molar refractivity (Wildman–Crippen MR) is 69.2 cm³/mol. The lowest BCUT2D eigenvalue weighted by molar-refractivity contribution is -0.143. The van der Waals surface area contributed by atoms with E-state index in [4.69, 9.17) is 14.3 Å². The fourth-order valence-electron chi connectivity index (χ4n) is 2.54. The Morgan fingerprint density at radius 3 is 2.70 bits per heavy atom. The van der Waals surface area contributed by atoms with Crippen LogP contribution in [0.15, 0.2) is 10.7 Å². The number of ether oxygens (including phenoxy) is 1. The van der Waals surface area contributed by atoms with Crippen molar-refractivity contribution < 1.29 is 23.8 Å². The minimum absolute atomic E-state index is 0.113. The monoisotopic (exact) mass is 281 g/mol. The highest BCUT2D eigenvalue weighted by Gasteiger charge is 2.29. The Bertz CT molecular complexity index is 474. The van der Waals surface area contributed by atoms with Crippen molar-refractivity contribution in [3.05, 3.63) is 17.8 Å². The number of rotatable bonds is 5. The third-order valence-electron chi connectivity index (χ3n) is 3.63. The molecule has 0 aromatic carbocycles. The molecule has 1 N–H and O–H groups in total. The quantitative estimate of drug-likeness (QED) is 0.832. The standard InChI is InChI=1S/C14H19NO5/c1-2-19-12(16)7-11-8-20-13(15-11)9-3-5-10(6-4-9)14(17)18/h8-10H,2-7H2,1H3,(H,17,18). The van der Waals surface area contributed by atoms with E-state index in [1.54, 1.807) is 6.92 Å². The molecule has 1 aromatic heterocycles. The van der Waals surface area contributed by atoms with Crippen LogP contribution in [-0.4, -0.2) is 28.6 Å². The molecule has 1 fully saturated rings. The van der Waals surface area contributed by atoms with E-state index in [2.05, 4.69) is 4.98 Å². The lowest BCUT2D eigenvalue weighted by Crippen LogP contribution is -2.20. The molecule has 6 heteroatoms. The Kier molecular flexibility index (Phi) is 4.76. The predicted octanol–water partition coefficient (Wildman–Crippen LogP) is 2.14. The number of hydrogen-bond donors (Lipinski definition) is 1. The molecule has 1 heterocycles. The normalized spacial score (nSPS) is 22.4. The highest BCUT2D eigenvalue weighted by Crippen LogP contribution is 2.35. The molecule has 1 aromatic rings. The van der Waals surface area contributed by atoms with Crippen LogP contribution in [0.25, 0.3) is 0 Å². The van der Waals surface area contributed by atoms with Gasteiger partial charge in [0.15, 0.2) is 5.89 Å². The van der Waals surface area contributed by atoms with E-state index in [9.17, 15) is 9.59 Å². The molecule has 0 saturated heterocycles. The summed E-state index contributed by atoms with van der Waals surface area (Å²) in [4.78, 5) is 26.6. The van der Waals surface area contributed by atoms with Gasteiger partial charge in [0.05, 0.1) is 24.6 Å². The van der Waals surface area contributed by atoms with E-state index >= 15 is 0 Å². The molecule has 0 unspecified atom stereocenters. The average Bonchev–Trinajstić information content (AvgIpc) is 2.87. The molecule has 20 heavy (non-hydrogen) atoms. The number of hydrogen-bond acceptors (Lipinski definition) is 5. The van der Waals surface area contributed by atoms with E-state index in [-0.39, 0.29) is 24.2 Å². The summed E-state index contributed by atoms with van der Waals surface area (Å²) in [6.07, 6.45) is 4.41. The van der Waals surface area contributed by atoms with Crippen LogP contribution >= 0.6 is 0 Å². The van der Waals surface area contributed by atoms with Crippen LogP contribution in [0.3, 0.4) is 0 Å². The van der Waals surface area contributed by atoms with Crippen molar-refractivity contribution in [3.8, 4) is 0 Å². The zero-order chi connectivity index (χ0) is 14.5. The van der Waals surface area contributed by atoms with Crippen LogP contribution in [0, 0.1) is 5.92 Å². The maximum atomic E-state index is 11.3. The molecular formula is C14H19NO5. The number of carbonyl (C=O) groups excluding carboxylic acids is 1. The molecule has 0 aliphatic heterocycles. The first-order valence-corrected chi connectivity index (χ1v) is 6.92. The van der Waals surface area contributed by atoms with Gasteiger partial charge in [0, 0.05) is 5.92 Å². The fraction of sp³-hybridized carbons (Fsp3) is 0.643. The van der Waals surface area contributed by atoms with E-state index < -0.39 is 5.97 Å². The van der Waals surface area contributed by atoms with Crippen LogP contribution in [0.5, 0.6) is 0 Å². The summed E-state index contributed by atoms with van der Waals surface area (Å²) in [7, 11) is 0. The second-order valence-corrected chi connectivity index (χ2v) is 5.05. The van der Waals surface area contributed by atoms with Crippen molar-refractivity contribution in [1.29, 1.82) is 0 Å². The van der Waals surface area contributed by atoms with Crippen molar-refractivity contribution in [2.24, 2.45) is 5.92 Å². The van der Waals surface area contributed by atoms with Crippen LogP contribution in [0.4, 0.5) is 0 Å². The Morgan fingerprint density at radius 1 is 1.40 bits per heavy atom. The van der Waals surface area contributed by atoms with E-state index in [0.717, 1.165) is 12.8 Å². The minimum Gasteiger partial charge on any atom is -0.481 e. The third-order valence-corrected chi connectivity index (χ3v) is 3.63. The first-order valence-electron chi connectivity index (χ1n) is 6.92. The highest BCUT2D eigenvalue weighted by molar-refractivity contribution is 5.71. The van der Waals surface area contributed by atoms with E-state index in [1.807, 2.05) is 0 Å². The average molecular weight is 281 g/mol. The number of carboxylic acid groups (broad SMARTS) is 1. The summed E-state index contributed by atoms with van der Waals surface area (Å²) in [6.45, 7) is 2.11. The van der Waals surface area contributed by atoms with Gasteiger partial charge >= 0.3 is 11.9 Å². The summed E-state index contributed by atoms with van der Waals surface area (Å²) in [5, 5.41) is 8.96. The van der Waals surface area contributed by atoms with Gasteiger partial charge in [-0.05, 0) is 32.6 Å². The van der Waals surface area contributed by atoms with Gasteiger partial charge in [0.2, 0.25) is 0 Å². The van der Waals surface area contributed by atoms with Gasteiger partial charge in [-0.3, -0.25) is 9.59 Å². The maximum absolute atomic E-state index is 11.3. The Hall–Kier alpha value is -1.85. The Balaban J connectivity index is 1.90. The highest BCUT2D eigenvalue weighted by atomic mass is 16.5. The van der Waals surface area contributed by atoms with Crippen molar-refractivity contribution in [3.63, 3.8) is 0 Å². The molecule has 1 aliphatic rings. The molecule has 0 atom stereocenters. The second kappa shape index (κ2) is 6.54. The number of aliphatic carboxylic acids is 1. The maximum Gasteiger partial charge on any atom is 0.311 e. The van der Waals surface area contributed by atoms with Gasteiger partial charge in [-0.1, -0.05) is 0 Å². The summed E-state index contributed by atoms with van der Waals surface area (Å²) in [6, 6.07) is 0. The van der Waals surface area contributed by atoms with Crippen molar-refractivity contribution in [2.75, 3.05) is 6.61 Å². The van der Waals surface area contributed by atoms with Gasteiger partial charge in [-0.25, -0.2) is 4.98 Å². The SMILES string of the molecule is CCOC(=O)Cc1coc(C2CCC(C(=O)O)CC2)n1. The van der Waals surface area contributed by atoms with Gasteiger partial charge < -0.3 is 14.3 Å². The number of aromatic nitrogens is 1. The number of oxazole rings is 1. The number of esters is 1. The van der Waals surface area contributed by atoms with Gasteiger partial charge in [0.25, 0.3) is 0 Å². The lowest BCUT2D eigenvalue weighted by Gasteiger charge is -2.23. The summed E-state index contributed by atoms with van der Waals surface area (Å²) < 4.78 is 10.3. The molecule has 0 amide bonds. The van der Waals surface area contributed by atoms with Gasteiger partial charge in [-0.15, -0.1) is 0 Å². The molecule has 110 valence electrons. The zero-order valence-corrected chi connectivity index (χ0v) is 11.5. The molecule has 6 nitrogen and oxygen atoms in total. The zero-order valence-electron chi connectivity index (χ0n) is 11.5. The molecule has 1 aliphatic carbocycles. The molecule has 2 rings (SSSR count). The van der Waals surface area contributed by atoms with E-state index in [1.165, 1.54) is 6.26 Å². The summed E-state index contributed by atoms with van der Waals surface area (Å²) >= 11 is 0. The topological polar surface area (TPSA) is 89.6 Å². The molecule has 0 bridgehead atoms. The molecule has 0 spiro atoms. The van der Waals surface area contributed by atoms with Crippen molar-refractivity contribution in [2.45, 2.75) is 44.9 Å². The molecular weight excluding hydrogens is 262 g/mol.